The molecule has 0 saturated carbocycles. The molecule has 1 aliphatic carbocycles. The highest BCUT2D eigenvalue weighted by molar-refractivity contribution is 5.91. The number of allylic oxidation sites excluding steroid dienone is 2. The van der Waals surface area contributed by atoms with E-state index in [1.165, 1.54) is 0 Å². The molecule has 2 atom stereocenters. The van der Waals surface area contributed by atoms with Crippen molar-refractivity contribution < 1.29 is 24.5 Å². The summed E-state index contributed by atoms with van der Waals surface area (Å²) < 4.78 is 5.74. The quantitative estimate of drug-likeness (QED) is 0.593. The Labute approximate surface area is 160 Å². The summed E-state index contributed by atoms with van der Waals surface area (Å²) in [5.41, 5.74) is 0.643. The number of rotatable bonds is 10. The zero-order valence-corrected chi connectivity index (χ0v) is 16.0. The predicted octanol–water partition coefficient (Wildman–Crippen LogP) is 4.44. The van der Waals surface area contributed by atoms with Crippen molar-refractivity contribution in [3.05, 3.63) is 59.2 Å². The Kier molecular flexibility index (Phi) is 7.36. The van der Waals surface area contributed by atoms with Crippen LogP contribution in [0.5, 0.6) is 0 Å². The van der Waals surface area contributed by atoms with Gasteiger partial charge in [0.1, 0.15) is 0 Å². The molecular formula is C22H28O5. The van der Waals surface area contributed by atoms with Crippen LogP contribution in [0.3, 0.4) is 0 Å². The van der Waals surface area contributed by atoms with E-state index in [0.717, 1.165) is 18.4 Å². The zero-order chi connectivity index (χ0) is 19.9. The third-order valence-corrected chi connectivity index (χ3v) is 5.41. The standard InChI is InChI=1S/C22H28O5/c1-3-4-10-19-18(20(23)24)12-11-16(2)22(19,21(25)26)13-14-27-15-17-8-6-5-7-9-17/h5-9,11-12,19H,3-4,10,13-15H2,1-2H3,(H,23,24)(H,25,26). The topological polar surface area (TPSA) is 83.8 Å². The summed E-state index contributed by atoms with van der Waals surface area (Å²) in [6.07, 6.45) is 5.64. The van der Waals surface area contributed by atoms with Crippen LogP contribution in [0.2, 0.25) is 0 Å². The molecule has 1 aromatic rings. The summed E-state index contributed by atoms with van der Waals surface area (Å²) in [5, 5.41) is 19.7. The minimum Gasteiger partial charge on any atom is -0.481 e. The van der Waals surface area contributed by atoms with Gasteiger partial charge in [-0.05, 0) is 25.3 Å². The molecule has 0 bridgehead atoms. The SMILES string of the molecule is CCCCC1C(C(=O)O)=CC=C(C)C1(CCOCc1ccccc1)C(=O)O. The van der Waals surface area contributed by atoms with Crippen LogP contribution in [0.15, 0.2) is 53.6 Å². The largest absolute Gasteiger partial charge is 0.481 e. The third-order valence-electron chi connectivity index (χ3n) is 5.41. The number of hydrogen-bond donors (Lipinski definition) is 2. The maximum Gasteiger partial charge on any atom is 0.331 e. The van der Waals surface area contributed by atoms with Crippen LogP contribution >= 0.6 is 0 Å². The van der Waals surface area contributed by atoms with Crippen molar-refractivity contribution in [1.29, 1.82) is 0 Å². The molecule has 0 amide bonds. The van der Waals surface area contributed by atoms with Crippen LogP contribution in [0.4, 0.5) is 0 Å². The number of benzene rings is 1. The molecule has 0 spiro atoms. The van der Waals surface area contributed by atoms with Gasteiger partial charge in [0.2, 0.25) is 0 Å². The molecule has 0 fully saturated rings. The Hall–Kier alpha value is -2.40. The summed E-state index contributed by atoms with van der Waals surface area (Å²) in [4.78, 5) is 24.1. The van der Waals surface area contributed by atoms with E-state index in [-0.39, 0.29) is 18.6 Å². The second-order valence-corrected chi connectivity index (χ2v) is 7.04. The first-order chi connectivity index (χ1) is 12.9. The number of ether oxygens (including phenoxy) is 1. The second-order valence-electron chi connectivity index (χ2n) is 7.04. The van der Waals surface area contributed by atoms with Gasteiger partial charge in [-0.2, -0.15) is 0 Å². The smallest absolute Gasteiger partial charge is 0.331 e. The lowest BCUT2D eigenvalue weighted by Crippen LogP contribution is -2.44. The van der Waals surface area contributed by atoms with E-state index in [0.29, 0.717) is 18.6 Å². The predicted molar refractivity (Wildman–Crippen MR) is 103 cm³/mol. The third kappa shape index (κ3) is 4.66. The molecule has 5 heteroatoms. The first-order valence-electron chi connectivity index (χ1n) is 9.40. The monoisotopic (exact) mass is 372 g/mol. The fourth-order valence-corrected chi connectivity index (χ4v) is 3.84. The molecule has 2 unspecified atom stereocenters. The van der Waals surface area contributed by atoms with Gasteiger partial charge in [0, 0.05) is 18.1 Å². The Morgan fingerprint density at radius 3 is 2.44 bits per heavy atom. The van der Waals surface area contributed by atoms with Gasteiger partial charge >= 0.3 is 11.9 Å². The normalized spacial score (nSPS) is 22.1. The molecule has 1 aliphatic rings. The van der Waals surface area contributed by atoms with Crippen LogP contribution < -0.4 is 0 Å². The Morgan fingerprint density at radius 2 is 1.85 bits per heavy atom. The van der Waals surface area contributed by atoms with Crippen molar-refractivity contribution in [3.63, 3.8) is 0 Å². The van der Waals surface area contributed by atoms with Gasteiger partial charge in [-0.1, -0.05) is 67.8 Å². The molecule has 27 heavy (non-hydrogen) atoms. The first-order valence-corrected chi connectivity index (χ1v) is 9.40. The molecule has 146 valence electrons. The van der Waals surface area contributed by atoms with Gasteiger partial charge in [-0.3, -0.25) is 4.79 Å². The Balaban J connectivity index is 2.20. The molecule has 0 aliphatic heterocycles. The minimum absolute atomic E-state index is 0.180. The molecule has 0 saturated heterocycles. The van der Waals surface area contributed by atoms with Gasteiger partial charge in [-0.25, -0.2) is 4.79 Å². The lowest BCUT2D eigenvalue weighted by atomic mass is 9.61. The van der Waals surface area contributed by atoms with Gasteiger partial charge < -0.3 is 14.9 Å². The fraction of sp³-hybridized carbons (Fsp3) is 0.455. The van der Waals surface area contributed by atoms with E-state index < -0.39 is 23.3 Å². The van der Waals surface area contributed by atoms with E-state index >= 15 is 0 Å². The average Bonchev–Trinajstić information content (AvgIpc) is 2.65. The summed E-state index contributed by atoms with van der Waals surface area (Å²) in [7, 11) is 0. The lowest BCUT2D eigenvalue weighted by Gasteiger charge is -2.40. The van der Waals surface area contributed by atoms with Gasteiger partial charge in [0.05, 0.1) is 12.0 Å². The summed E-state index contributed by atoms with van der Waals surface area (Å²) in [6, 6.07) is 9.69. The van der Waals surface area contributed by atoms with E-state index in [4.69, 9.17) is 4.74 Å². The van der Waals surface area contributed by atoms with E-state index in [1.54, 1.807) is 19.1 Å². The van der Waals surface area contributed by atoms with E-state index in [2.05, 4.69) is 0 Å². The molecule has 5 nitrogen and oxygen atoms in total. The fourth-order valence-electron chi connectivity index (χ4n) is 3.84. The van der Waals surface area contributed by atoms with Crippen LogP contribution in [0, 0.1) is 11.3 Å². The van der Waals surface area contributed by atoms with Crippen molar-refractivity contribution in [3.8, 4) is 0 Å². The van der Waals surface area contributed by atoms with E-state index in [1.807, 2.05) is 37.3 Å². The minimum atomic E-state index is -1.24. The zero-order valence-electron chi connectivity index (χ0n) is 16.0. The van der Waals surface area contributed by atoms with Crippen molar-refractivity contribution >= 4 is 11.9 Å². The van der Waals surface area contributed by atoms with Gasteiger partial charge in [-0.15, -0.1) is 0 Å². The van der Waals surface area contributed by atoms with Gasteiger partial charge in [0.25, 0.3) is 0 Å². The number of carbonyl (C=O) groups is 2. The lowest BCUT2D eigenvalue weighted by molar-refractivity contribution is -0.151. The van der Waals surface area contributed by atoms with Crippen molar-refractivity contribution in [2.75, 3.05) is 6.61 Å². The molecule has 2 N–H and O–H groups in total. The van der Waals surface area contributed by atoms with E-state index in [9.17, 15) is 19.8 Å². The highest BCUT2D eigenvalue weighted by Gasteiger charge is 2.50. The van der Waals surface area contributed by atoms with Crippen molar-refractivity contribution in [2.24, 2.45) is 11.3 Å². The first kappa shape index (κ1) is 20.9. The summed E-state index contributed by atoms with van der Waals surface area (Å²) in [6.45, 7) is 4.45. The highest BCUT2D eigenvalue weighted by Crippen LogP contribution is 2.48. The maximum absolute atomic E-state index is 12.4. The average molecular weight is 372 g/mol. The maximum atomic E-state index is 12.4. The highest BCUT2D eigenvalue weighted by atomic mass is 16.5. The molecule has 0 radical (unpaired) electrons. The number of carboxylic acid groups (broad SMARTS) is 2. The number of aliphatic carboxylic acids is 2. The molecule has 0 heterocycles. The van der Waals surface area contributed by atoms with Crippen molar-refractivity contribution in [1.82, 2.24) is 0 Å². The van der Waals surface area contributed by atoms with Crippen LogP contribution in [-0.4, -0.2) is 28.8 Å². The summed E-state index contributed by atoms with van der Waals surface area (Å²) >= 11 is 0. The van der Waals surface area contributed by atoms with Crippen molar-refractivity contribution in [2.45, 2.75) is 46.1 Å². The molecule has 0 aromatic heterocycles. The van der Waals surface area contributed by atoms with Crippen LogP contribution in [0.1, 0.15) is 45.1 Å². The molecule has 2 rings (SSSR count). The Bertz CT molecular complexity index is 719. The summed E-state index contributed by atoms with van der Waals surface area (Å²) in [5.74, 6) is -2.58. The molecule has 1 aromatic carbocycles. The molecular weight excluding hydrogens is 344 g/mol. The van der Waals surface area contributed by atoms with Crippen LogP contribution in [0.25, 0.3) is 0 Å². The van der Waals surface area contributed by atoms with Crippen LogP contribution in [-0.2, 0) is 20.9 Å². The number of hydrogen-bond acceptors (Lipinski definition) is 3. The second kappa shape index (κ2) is 9.51. The Morgan fingerprint density at radius 1 is 1.15 bits per heavy atom. The number of unbranched alkanes of at least 4 members (excludes halogenated alkanes) is 1. The number of carboxylic acids is 2. The van der Waals surface area contributed by atoms with Gasteiger partial charge in [0.15, 0.2) is 0 Å².